The molecule has 100 valence electrons. The fourth-order valence-corrected chi connectivity index (χ4v) is 2.27. The molecule has 0 saturated heterocycles. The van der Waals surface area contributed by atoms with E-state index in [0.29, 0.717) is 17.2 Å². The van der Waals surface area contributed by atoms with Crippen molar-refractivity contribution in [3.05, 3.63) is 24.3 Å². The van der Waals surface area contributed by atoms with Crippen LogP contribution in [0.25, 0.3) is 0 Å². The van der Waals surface area contributed by atoms with Gasteiger partial charge in [-0.05, 0) is 30.7 Å². The summed E-state index contributed by atoms with van der Waals surface area (Å²) in [6.45, 7) is 1.98. The van der Waals surface area contributed by atoms with Crippen LogP contribution >= 0.6 is 12.2 Å². The van der Waals surface area contributed by atoms with E-state index < -0.39 is 9.84 Å². The molecule has 0 amide bonds. The molecule has 1 aromatic carbocycles. The molecule has 0 fully saturated rings. The maximum absolute atomic E-state index is 11.3. The molecule has 0 heterocycles. The van der Waals surface area contributed by atoms with Crippen molar-refractivity contribution < 1.29 is 13.2 Å². The molecule has 6 heteroatoms. The van der Waals surface area contributed by atoms with Gasteiger partial charge in [0.15, 0.2) is 9.84 Å². The maximum atomic E-state index is 11.3. The van der Waals surface area contributed by atoms with Crippen molar-refractivity contribution >= 4 is 27.0 Å². The summed E-state index contributed by atoms with van der Waals surface area (Å²) in [7, 11) is -3.17. The summed E-state index contributed by atoms with van der Waals surface area (Å²) in [6, 6.07) is 6.33. The Morgan fingerprint density at radius 1 is 1.39 bits per heavy atom. The first-order chi connectivity index (χ1) is 8.32. The lowest BCUT2D eigenvalue weighted by atomic mass is 10.2. The number of hydrogen-bond acceptors (Lipinski definition) is 4. The highest BCUT2D eigenvalue weighted by molar-refractivity contribution is 7.90. The number of ether oxygens (including phenoxy) is 1. The molecule has 0 aliphatic carbocycles. The summed E-state index contributed by atoms with van der Waals surface area (Å²) in [4.78, 5) is 0.687. The van der Waals surface area contributed by atoms with E-state index in [4.69, 9.17) is 22.7 Å². The Bertz CT molecular complexity index is 509. The van der Waals surface area contributed by atoms with Crippen molar-refractivity contribution in [3.8, 4) is 5.75 Å². The second kappa shape index (κ2) is 6.15. The van der Waals surface area contributed by atoms with Gasteiger partial charge in [-0.2, -0.15) is 0 Å². The number of benzene rings is 1. The molecule has 0 spiro atoms. The minimum atomic E-state index is -3.17. The Balaban J connectivity index is 2.77. The topological polar surface area (TPSA) is 69.4 Å². The van der Waals surface area contributed by atoms with Gasteiger partial charge < -0.3 is 10.5 Å². The second-order valence-corrected chi connectivity index (χ2v) is 6.60. The smallest absolute Gasteiger partial charge is 0.175 e. The van der Waals surface area contributed by atoms with E-state index in [-0.39, 0.29) is 11.0 Å². The zero-order valence-corrected chi connectivity index (χ0v) is 12.1. The van der Waals surface area contributed by atoms with Crippen LogP contribution in [-0.2, 0) is 9.84 Å². The van der Waals surface area contributed by atoms with Gasteiger partial charge in [0.2, 0.25) is 0 Å². The minimum absolute atomic E-state index is 0.0772. The number of sulfone groups is 1. The molecule has 0 radical (unpaired) electrons. The highest BCUT2D eigenvalue weighted by Gasteiger charge is 2.11. The van der Waals surface area contributed by atoms with Crippen molar-refractivity contribution in [1.29, 1.82) is 0 Å². The summed E-state index contributed by atoms with van der Waals surface area (Å²) in [5.41, 5.74) is 5.48. The van der Waals surface area contributed by atoms with Gasteiger partial charge in [-0.3, -0.25) is 0 Å². The van der Waals surface area contributed by atoms with E-state index in [9.17, 15) is 8.42 Å². The standard InChI is InChI=1S/C12H17NO3S2/c1-3-9(8-12(13)17)16-10-4-6-11(7-5-10)18(2,14)15/h4-7,9H,3,8H2,1-2H3,(H2,13,17). The summed E-state index contributed by atoms with van der Waals surface area (Å²) in [6.07, 6.45) is 2.39. The number of thiocarbonyl (C=S) groups is 1. The van der Waals surface area contributed by atoms with Gasteiger partial charge in [0.05, 0.1) is 9.88 Å². The monoisotopic (exact) mass is 287 g/mol. The largest absolute Gasteiger partial charge is 0.490 e. The van der Waals surface area contributed by atoms with Gasteiger partial charge >= 0.3 is 0 Å². The van der Waals surface area contributed by atoms with Crippen LogP contribution in [0.4, 0.5) is 0 Å². The quantitative estimate of drug-likeness (QED) is 0.810. The van der Waals surface area contributed by atoms with E-state index in [1.54, 1.807) is 12.1 Å². The molecule has 18 heavy (non-hydrogen) atoms. The van der Waals surface area contributed by atoms with E-state index in [1.807, 2.05) is 6.92 Å². The highest BCUT2D eigenvalue weighted by atomic mass is 32.2. The van der Waals surface area contributed by atoms with E-state index in [2.05, 4.69) is 0 Å². The van der Waals surface area contributed by atoms with Gasteiger partial charge in [0.25, 0.3) is 0 Å². The minimum Gasteiger partial charge on any atom is -0.490 e. The molecule has 1 aromatic rings. The van der Waals surface area contributed by atoms with Gasteiger partial charge in [-0.15, -0.1) is 0 Å². The molecule has 0 aliphatic heterocycles. The van der Waals surface area contributed by atoms with Crippen molar-refractivity contribution in [2.45, 2.75) is 30.8 Å². The number of rotatable bonds is 6. The van der Waals surface area contributed by atoms with Crippen LogP contribution in [-0.4, -0.2) is 25.8 Å². The van der Waals surface area contributed by atoms with Crippen molar-refractivity contribution in [2.75, 3.05) is 6.26 Å². The first-order valence-electron chi connectivity index (χ1n) is 5.58. The molecular formula is C12H17NO3S2. The van der Waals surface area contributed by atoms with Crippen LogP contribution in [0, 0.1) is 0 Å². The molecule has 1 rings (SSSR count). The molecule has 4 nitrogen and oxygen atoms in total. The maximum Gasteiger partial charge on any atom is 0.175 e. The number of hydrogen-bond donors (Lipinski definition) is 1. The third-order valence-electron chi connectivity index (χ3n) is 2.44. The molecule has 2 N–H and O–H groups in total. The molecule has 0 aliphatic rings. The van der Waals surface area contributed by atoms with E-state index in [1.165, 1.54) is 18.4 Å². The van der Waals surface area contributed by atoms with Crippen LogP contribution in [0.5, 0.6) is 5.75 Å². The summed E-state index contributed by atoms with van der Waals surface area (Å²) >= 11 is 4.84. The Morgan fingerprint density at radius 2 is 1.94 bits per heavy atom. The Kier molecular flexibility index (Phi) is 5.10. The summed E-state index contributed by atoms with van der Waals surface area (Å²) in [5, 5.41) is 0. The van der Waals surface area contributed by atoms with Crippen LogP contribution in [0.2, 0.25) is 0 Å². The van der Waals surface area contributed by atoms with Crippen LogP contribution in [0.3, 0.4) is 0 Å². The highest BCUT2D eigenvalue weighted by Crippen LogP contribution is 2.18. The SMILES string of the molecule is CCC(CC(N)=S)Oc1ccc(S(C)(=O)=O)cc1. The molecule has 1 atom stereocenters. The molecule has 0 saturated carbocycles. The van der Waals surface area contributed by atoms with Gasteiger partial charge in [0, 0.05) is 12.7 Å². The third-order valence-corrected chi connectivity index (χ3v) is 3.73. The lowest BCUT2D eigenvalue weighted by Crippen LogP contribution is -2.23. The van der Waals surface area contributed by atoms with Crippen LogP contribution in [0.1, 0.15) is 19.8 Å². The first kappa shape index (κ1) is 14.9. The Labute approximate surface area is 113 Å². The normalized spacial score (nSPS) is 13.0. The lowest BCUT2D eigenvalue weighted by molar-refractivity contribution is 0.205. The molecule has 0 bridgehead atoms. The fourth-order valence-electron chi connectivity index (χ4n) is 1.45. The van der Waals surface area contributed by atoms with Crippen LogP contribution < -0.4 is 10.5 Å². The summed E-state index contributed by atoms with van der Waals surface area (Å²) < 4.78 is 28.3. The van der Waals surface area contributed by atoms with E-state index >= 15 is 0 Å². The predicted octanol–water partition coefficient (Wildman–Crippen LogP) is 1.92. The second-order valence-electron chi connectivity index (χ2n) is 4.06. The van der Waals surface area contributed by atoms with Gasteiger partial charge in [-0.1, -0.05) is 19.1 Å². The summed E-state index contributed by atoms with van der Waals surface area (Å²) in [5.74, 6) is 0.616. The lowest BCUT2D eigenvalue weighted by Gasteiger charge is -2.17. The average Bonchev–Trinajstić information content (AvgIpc) is 2.27. The fraction of sp³-hybridized carbons (Fsp3) is 0.417. The predicted molar refractivity (Wildman–Crippen MR) is 75.7 cm³/mol. The molecule has 0 aromatic heterocycles. The number of nitrogens with two attached hydrogens (primary N) is 1. The van der Waals surface area contributed by atoms with Crippen molar-refractivity contribution in [2.24, 2.45) is 5.73 Å². The van der Waals surface area contributed by atoms with Crippen molar-refractivity contribution in [1.82, 2.24) is 0 Å². The molecular weight excluding hydrogens is 270 g/mol. The zero-order valence-electron chi connectivity index (χ0n) is 10.4. The first-order valence-corrected chi connectivity index (χ1v) is 7.88. The third kappa shape index (κ3) is 4.62. The Hall–Kier alpha value is -1.14. The van der Waals surface area contributed by atoms with Crippen molar-refractivity contribution in [3.63, 3.8) is 0 Å². The van der Waals surface area contributed by atoms with Gasteiger partial charge in [-0.25, -0.2) is 8.42 Å². The Morgan fingerprint density at radius 3 is 2.33 bits per heavy atom. The zero-order chi connectivity index (χ0) is 13.8. The van der Waals surface area contributed by atoms with Crippen LogP contribution in [0.15, 0.2) is 29.2 Å². The van der Waals surface area contributed by atoms with E-state index in [0.717, 1.165) is 6.42 Å². The average molecular weight is 287 g/mol. The molecule has 1 unspecified atom stereocenters. The van der Waals surface area contributed by atoms with Gasteiger partial charge in [0.1, 0.15) is 11.9 Å².